The minimum atomic E-state index is -0.855. The van der Waals surface area contributed by atoms with Crippen LogP contribution in [0.2, 0.25) is 0 Å². The van der Waals surface area contributed by atoms with E-state index in [-0.39, 0.29) is 12.4 Å². The largest absolute Gasteiger partial charge is 0.496 e. The van der Waals surface area contributed by atoms with Gasteiger partial charge in [0.1, 0.15) is 11.6 Å². The van der Waals surface area contributed by atoms with Crippen LogP contribution in [0.4, 0.5) is 4.39 Å². The van der Waals surface area contributed by atoms with Crippen LogP contribution in [-0.2, 0) is 0 Å². The molecule has 2 aromatic rings. The lowest BCUT2D eigenvalue weighted by molar-refractivity contribution is 0.143. The normalized spacial score (nSPS) is 13.8. The van der Waals surface area contributed by atoms with Crippen LogP contribution in [0.1, 0.15) is 28.7 Å². The molecule has 3 nitrogen and oxygen atoms in total. The van der Waals surface area contributed by atoms with Gasteiger partial charge in [0, 0.05) is 18.0 Å². The fourth-order valence-corrected chi connectivity index (χ4v) is 2.49. The van der Waals surface area contributed by atoms with Gasteiger partial charge in [0.15, 0.2) is 0 Å². The Morgan fingerprint density at radius 2 is 2.00 bits per heavy atom. The Morgan fingerprint density at radius 3 is 2.62 bits per heavy atom. The van der Waals surface area contributed by atoms with Crippen molar-refractivity contribution in [2.24, 2.45) is 5.73 Å². The summed E-state index contributed by atoms with van der Waals surface area (Å²) in [6.07, 6.45) is -0.855. The topological polar surface area (TPSA) is 55.5 Å². The van der Waals surface area contributed by atoms with E-state index in [0.717, 1.165) is 5.56 Å². The van der Waals surface area contributed by atoms with Gasteiger partial charge >= 0.3 is 0 Å². The number of hydrogen-bond donors (Lipinski definition) is 2. The predicted molar refractivity (Wildman–Crippen MR) is 80.9 cm³/mol. The van der Waals surface area contributed by atoms with E-state index < -0.39 is 12.0 Å². The molecule has 0 saturated heterocycles. The molecule has 3 N–H and O–H groups in total. The molecule has 0 bridgehead atoms. The Morgan fingerprint density at radius 1 is 1.24 bits per heavy atom. The van der Waals surface area contributed by atoms with E-state index in [9.17, 15) is 9.50 Å². The molecule has 0 spiro atoms. The van der Waals surface area contributed by atoms with E-state index >= 15 is 0 Å². The van der Waals surface area contributed by atoms with Gasteiger partial charge in [0.25, 0.3) is 0 Å². The summed E-state index contributed by atoms with van der Waals surface area (Å²) in [7, 11) is 1.56. The number of nitrogens with two attached hydrogens (primary N) is 1. The molecule has 0 saturated carbocycles. The summed E-state index contributed by atoms with van der Waals surface area (Å²) < 4.78 is 18.7. The molecule has 2 aromatic carbocycles. The van der Waals surface area contributed by atoms with Gasteiger partial charge in [-0.05, 0) is 36.8 Å². The van der Waals surface area contributed by atoms with Crippen molar-refractivity contribution in [2.45, 2.75) is 18.9 Å². The molecule has 0 aliphatic heterocycles. The van der Waals surface area contributed by atoms with Gasteiger partial charge in [0.05, 0.1) is 13.2 Å². The van der Waals surface area contributed by atoms with Crippen molar-refractivity contribution in [3.63, 3.8) is 0 Å². The fraction of sp³-hybridized carbons (Fsp3) is 0.294. The molecule has 21 heavy (non-hydrogen) atoms. The van der Waals surface area contributed by atoms with Gasteiger partial charge in [-0.15, -0.1) is 0 Å². The number of halogens is 1. The molecule has 2 atom stereocenters. The Labute approximate surface area is 124 Å². The van der Waals surface area contributed by atoms with Crippen molar-refractivity contribution < 1.29 is 14.2 Å². The maximum absolute atomic E-state index is 13.4. The standard InChI is InChI=1S/C17H20FNO2/c1-11-6-7-16(21-2)14(8-11)17(20)15(10-19)12-4-3-5-13(18)9-12/h3-9,15,17,20H,10,19H2,1-2H3. The SMILES string of the molecule is COc1ccc(C)cc1C(O)C(CN)c1cccc(F)c1. The lowest BCUT2D eigenvalue weighted by Crippen LogP contribution is -2.21. The van der Waals surface area contributed by atoms with Crippen LogP contribution < -0.4 is 10.5 Å². The lowest BCUT2D eigenvalue weighted by Gasteiger charge is -2.24. The summed E-state index contributed by atoms with van der Waals surface area (Å²) in [5.41, 5.74) is 8.15. The highest BCUT2D eigenvalue weighted by atomic mass is 19.1. The van der Waals surface area contributed by atoms with Crippen LogP contribution in [0, 0.1) is 12.7 Å². The third-order valence-corrected chi connectivity index (χ3v) is 3.62. The molecule has 2 unspecified atom stereocenters. The number of ether oxygens (including phenoxy) is 1. The number of hydrogen-bond acceptors (Lipinski definition) is 3. The van der Waals surface area contributed by atoms with Crippen LogP contribution >= 0.6 is 0 Å². The van der Waals surface area contributed by atoms with Crippen molar-refractivity contribution in [2.75, 3.05) is 13.7 Å². The van der Waals surface area contributed by atoms with Crippen molar-refractivity contribution in [3.8, 4) is 5.75 Å². The Bertz CT molecular complexity index is 615. The van der Waals surface area contributed by atoms with Gasteiger partial charge in [-0.25, -0.2) is 4.39 Å². The zero-order valence-corrected chi connectivity index (χ0v) is 12.2. The number of rotatable bonds is 5. The van der Waals surface area contributed by atoms with Crippen LogP contribution in [0.3, 0.4) is 0 Å². The maximum atomic E-state index is 13.4. The molecule has 2 rings (SSSR count). The van der Waals surface area contributed by atoms with Crippen LogP contribution in [0.15, 0.2) is 42.5 Å². The monoisotopic (exact) mass is 289 g/mol. The second-order valence-electron chi connectivity index (χ2n) is 5.09. The average molecular weight is 289 g/mol. The van der Waals surface area contributed by atoms with Gasteiger partial charge in [0.2, 0.25) is 0 Å². The minimum Gasteiger partial charge on any atom is -0.496 e. The summed E-state index contributed by atoms with van der Waals surface area (Å²) in [5.74, 6) is -0.131. The average Bonchev–Trinajstić information content (AvgIpc) is 2.48. The van der Waals surface area contributed by atoms with Crippen LogP contribution in [-0.4, -0.2) is 18.8 Å². The number of aryl methyl sites for hydroxylation is 1. The summed E-state index contributed by atoms with van der Waals surface area (Å²) >= 11 is 0. The van der Waals surface area contributed by atoms with Crippen molar-refractivity contribution in [1.29, 1.82) is 0 Å². The molecule has 0 aliphatic rings. The first-order chi connectivity index (χ1) is 10.1. The van der Waals surface area contributed by atoms with E-state index in [1.807, 2.05) is 25.1 Å². The minimum absolute atomic E-state index is 0.210. The molecule has 0 radical (unpaired) electrons. The third-order valence-electron chi connectivity index (χ3n) is 3.62. The van der Waals surface area contributed by atoms with Crippen LogP contribution in [0.5, 0.6) is 5.75 Å². The summed E-state index contributed by atoms with van der Waals surface area (Å²) in [6.45, 7) is 2.15. The number of methoxy groups -OCH3 is 1. The molecule has 0 aromatic heterocycles. The van der Waals surface area contributed by atoms with Crippen molar-refractivity contribution in [1.82, 2.24) is 0 Å². The Hall–Kier alpha value is -1.91. The summed E-state index contributed by atoms with van der Waals surface area (Å²) in [6, 6.07) is 11.8. The highest BCUT2D eigenvalue weighted by Gasteiger charge is 2.24. The highest BCUT2D eigenvalue weighted by molar-refractivity contribution is 5.40. The molecule has 0 amide bonds. The second kappa shape index (κ2) is 6.70. The van der Waals surface area contributed by atoms with Gasteiger partial charge in [-0.3, -0.25) is 0 Å². The maximum Gasteiger partial charge on any atom is 0.124 e. The number of benzene rings is 2. The van der Waals surface area contributed by atoms with E-state index in [2.05, 4.69) is 0 Å². The van der Waals surface area contributed by atoms with Gasteiger partial charge in [-0.1, -0.05) is 23.8 Å². The molecule has 0 heterocycles. The van der Waals surface area contributed by atoms with Gasteiger partial charge < -0.3 is 15.6 Å². The zero-order valence-electron chi connectivity index (χ0n) is 12.2. The molecule has 0 fully saturated rings. The molecule has 0 aliphatic carbocycles. The highest BCUT2D eigenvalue weighted by Crippen LogP contribution is 2.35. The second-order valence-corrected chi connectivity index (χ2v) is 5.09. The molecular formula is C17H20FNO2. The summed E-state index contributed by atoms with van der Waals surface area (Å²) in [5, 5.41) is 10.7. The zero-order chi connectivity index (χ0) is 15.4. The Kier molecular flexibility index (Phi) is 4.94. The van der Waals surface area contributed by atoms with E-state index in [1.54, 1.807) is 19.2 Å². The van der Waals surface area contributed by atoms with E-state index in [4.69, 9.17) is 10.5 Å². The third kappa shape index (κ3) is 3.40. The summed E-state index contributed by atoms with van der Waals surface area (Å²) in [4.78, 5) is 0. The molecular weight excluding hydrogens is 269 g/mol. The Balaban J connectivity index is 2.41. The van der Waals surface area contributed by atoms with E-state index in [1.165, 1.54) is 12.1 Å². The quantitative estimate of drug-likeness (QED) is 0.890. The smallest absolute Gasteiger partial charge is 0.124 e. The van der Waals surface area contributed by atoms with Gasteiger partial charge in [-0.2, -0.15) is 0 Å². The first-order valence-corrected chi connectivity index (χ1v) is 6.85. The number of aliphatic hydroxyl groups excluding tert-OH is 1. The number of aliphatic hydroxyl groups is 1. The lowest BCUT2D eigenvalue weighted by atomic mass is 9.88. The first-order valence-electron chi connectivity index (χ1n) is 6.85. The van der Waals surface area contributed by atoms with Crippen molar-refractivity contribution in [3.05, 3.63) is 65.0 Å². The predicted octanol–water partition coefficient (Wildman–Crippen LogP) is 2.92. The van der Waals surface area contributed by atoms with Crippen LogP contribution in [0.25, 0.3) is 0 Å². The van der Waals surface area contributed by atoms with E-state index in [0.29, 0.717) is 16.9 Å². The van der Waals surface area contributed by atoms with Crippen molar-refractivity contribution >= 4 is 0 Å². The first kappa shape index (κ1) is 15.5. The fourth-order valence-electron chi connectivity index (χ4n) is 2.49. The molecule has 112 valence electrons. The molecule has 4 heteroatoms.